The molecule has 1 aliphatic heterocycles. The molecule has 0 spiro atoms. The number of benzene rings is 2. The predicted octanol–water partition coefficient (Wildman–Crippen LogP) is 4.31. The number of amides is 1. The minimum Gasteiger partial charge on any atom is -0.497 e. The molecule has 0 saturated carbocycles. The quantitative estimate of drug-likeness (QED) is 0.496. The van der Waals surface area contributed by atoms with E-state index in [0.717, 1.165) is 54.6 Å². The van der Waals surface area contributed by atoms with E-state index in [1.807, 2.05) is 60.4 Å². The van der Waals surface area contributed by atoms with Crippen molar-refractivity contribution in [1.82, 2.24) is 14.9 Å². The molecule has 34 heavy (non-hydrogen) atoms. The zero-order valence-corrected chi connectivity index (χ0v) is 20.2. The number of methoxy groups -OCH3 is 1. The summed E-state index contributed by atoms with van der Waals surface area (Å²) in [6.45, 7) is 6.93. The van der Waals surface area contributed by atoms with Crippen molar-refractivity contribution in [3.8, 4) is 5.75 Å². The zero-order chi connectivity index (χ0) is 23.9. The van der Waals surface area contributed by atoms with Crippen LogP contribution in [-0.2, 0) is 17.6 Å². The van der Waals surface area contributed by atoms with Crippen molar-refractivity contribution in [3.63, 3.8) is 0 Å². The van der Waals surface area contributed by atoms with Crippen molar-refractivity contribution in [2.45, 2.75) is 26.7 Å². The summed E-state index contributed by atoms with van der Waals surface area (Å²) in [7, 11) is 1.68. The van der Waals surface area contributed by atoms with Gasteiger partial charge in [0.2, 0.25) is 5.91 Å². The standard InChI is InChI=1S/C28H32N4O2/c1-4-26-25(20-23-10-13-24(34-3)14-11-23)28(30-21(2)29-26)32-18-16-31(17-19-32)27(33)15-12-22-8-6-5-7-9-22/h5-15H,4,16-20H2,1-3H3. The van der Waals surface area contributed by atoms with E-state index in [0.29, 0.717) is 13.1 Å². The van der Waals surface area contributed by atoms with Crippen LogP contribution in [0.5, 0.6) is 5.75 Å². The molecule has 3 aromatic rings. The summed E-state index contributed by atoms with van der Waals surface area (Å²) in [6, 6.07) is 18.1. The van der Waals surface area contributed by atoms with Crippen LogP contribution in [0.1, 0.15) is 35.1 Å². The highest BCUT2D eigenvalue weighted by molar-refractivity contribution is 5.92. The van der Waals surface area contributed by atoms with Crippen molar-refractivity contribution in [2.75, 3.05) is 38.2 Å². The molecule has 6 heteroatoms. The van der Waals surface area contributed by atoms with E-state index in [1.165, 1.54) is 11.1 Å². The lowest BCUT2D eigenvalue weighted by Gasteiger charge is -2.36. The predicted molar refractivity (Wildman–Crippen MR) is 136 cm³/mol. The largest absolute Gasteiger partial charge is 0.497 e. The number of piperazine rings is 1. The number of aromatic nitrogens is 2. The monoisotopic (exact) mass is 456 g/mol. The third kappa shape index (κ3) is 5.63. The molecule has 1 amide bonds. The number of carbonyl (C=O) groups excluding carboxylic acids is 1. The number of carbonyl (C=O) groups is 1. The number of rotatable bonds is 7. The number of hydrogen-bond donors (Lipinski definition) is 0. The van der Waals surface area contributed by atoms with Crippen LogP contribution in [0, 0.1) is 6.92 Å². The Hall–Kier alpha value is -3.67. The molecule has 0 unspecified atom stereocenters. The third-order valence-corrected chi connectivity index (χ3v) is 6.17. The van der Waals surface area contributed by atoms with E-state index in [9.17, 15) is 4.79 Å². The minimum absolute atomic E-state index is 0.0510. The summed E-state index contributed by atoms with van der Waals surface area (Å²) >= 11 is 0. The molecule has 0 N–H and O–H groups in total. The summed E-state index contributed by atoms with van der Waals surface area (Å²) < 4.78 is 5.30. The molecule has 0 bridgehead atoms. The van der Waals surface area contributed by atoms with Gasteiger partial charge in [0.25, 0.3) is 0 Å². The maximum Gasteiger partial charge on any atom is 0.246 e. The molecule has 2 heterocycles. The van der Waals surface area contributed by atoms with Crippen molar-refractivity contribution < 1.29 is 9.53 Å². The van der Waals surface area contributed by atoms with Gasteiger partial charge in [0.15, 0.2) is 0 Å². The SMILES string of the molecule is CCc1nc(C)nc(N2CCN(C(=O)C=Cc3ccccc3)CC2)c1Cc1ccc(OC)cc1. The van der Waals surface area contributed by atoms with Gasteiger partial charge in [-0.25, -0.2) is 9.97 Å². The lowest BCUT2D eigenvalue weighted by atomic mass is 10.0. The Morgan fingerprint density at radius 1 is 1.00 bits per heavy atom. The molecule has 176 valence electrons. The zero-order valence-electron chi connectivity index (χ0n) is 20.2. The summed E-state index contributed by atoms with van der Waals surface area (Å²) in [5, 5.41) is 0. The first-order valence-corrected chi connectivity index (χ1v) is 11.8. The first-order valence-electron chi connectivity index (χ1n) is 11.8. The minimum atomic E-state index is 0.0510. The maximum atomic E-state index is 12.7. The molecule has 4 rings (SSSR count). The Kier molecular flexibility index (Phi) is 7.58. The van der Waals surface area contributed by atoms with Crippen LogP contribution in [0.3, 0.4) is 0 Å². The average Bonchev–Trinajstić information content (AvgIpc) is 2.89. The molecule has 6 nitrogen and oxygen atoms in total. The van der Waals surface area contributed by atoms with E-state index >= 15 is 0 Å². The highest BCUT2D eigenvalue weighted by Crippen LogP contribution is 2.26. The first-order chi connectivity index (χ1) is 16.6. The Balaban J connectivity index is 1.49. The summed E-state index contributed by atoms with van der Waals surface area (Å²) in [4.78, 5) is 26.5. The molecule has 1 aromatic heterocycles. The van der Waals surface area contributed by atoms with E-state index < -0.39 is 0 Å². The molecule has 2 aromatic carbocycles. The van der Waals surface area contributed by atoms with Gasteiger partial charge < -0.3 is 14.5 Å². The van der Waals surface area contributed by atoms with Gasteiger partial charge in [0, 0.05) is 49.9 Å². The first kappa shape index (κ1) is 23.5. The highest BCUT2D eigenvalue weighted by atomic mass is 16.5. The van der Waals surface area contributed by atoms with Crippen LogP contribution in [0.4, 0.5) is 5.82 Å². The van der Waals surface area contributed by atoms with Gasteiger partial charge in [-0.05, 0) is 42.7 Å². The van der Waals surface area contributed by atoms with Crippen LogP contribution in [0.2, 0.25) is 0 Å². The second kappa shape index (κ2) is 11.0. The van der Waals surface area contributed by atoms with E-state index in [4.69, 9.17) is 14.7 Å². The third-order valence-electron chi connectivity index (χ3n) is 6.17. The fourth-order valence-corrected chi connectivity index (χ4v) is 4.30. The van der Waals surface area contributed by atoms with Crippen LogP contribution in [0.25, 0.3) is 6.08 Å². The second-order valence-corrected chi connectivity index (χ2v) is 8.45. The number of ether oxygens (including phenoxy) is 1. The van der Waals surface area contributed by atoms with Gasteiger partial charge in [-0.2, -0.15) is 0 Å². The van der Waals surface area contributed by atoms with Crippen molar-refractivity contribution >= 4 is 17.8 Å². The molecular weight excluding hydrogens is 424 g/mol. The molecule has 0 radical (unpaired) electrons. The van der Waals surface area contributed by atoms with Crippen LogP contribution in [0.15, 0.2) is 60.7 Å². The Labute approximate surface area is 201 Å². The Morgan fingerprint density at radius 2 is 1.71 bits per heavy atom. The summed E-state index contributed by atoms with van der Waals surface area (Å²) in [6.07, 6.45) is 5.17. The number of aryl methyl sites for hydroxylation is 2. The number of anilines is 1. The van der Waals surface area contributed by atoms with Gasteiger partial charge in [-0.1, -0.05) is 49.4 Å². The van der Waals surface area contributed by atoms with Crippen LogP contribution in [-0.4, -0.2) is 54.1 Å². The van der Waals surface area contributed by atoms with E-state index in [2.05, 4.69) is 24.0 Å². The smallest absolute Gasteiger partial charge is 0.246 e. The fraction of sp³-hybridized carbons (Fsp3) is 0.321. The van der Waals surface area contributed by atoms with Gasteiger partial charge in [-0.15, -0.1) is 0 Å². The van der Waals surface area contributed by atoms with Gasteiger partial charge in [-0.3, -0.25) is 4.79 Å². The van der Waals surface area contributed by atoms with Gasteiger partial charge >= 0.3 is 0 Å². The fourth-order valence-electron chi connectivity index (χ4n) is 4.30. The van der Waals surface area contributed by atoms with Crippen molar-refractivity contribution in [1.29, 1.82) is 0 Å². The van der Waals surface area contributed by atoms with Crippen molar-refractivity contribution in [2.24, 2.45) is 0 Å². The molecular formula is C28H32N4O2. The highest BCUT2D eigenvalue weighted by Gasteiger charge is 2.24. The summed E-state index contributed by atoms with van der Waals surface area (Å²) in [5.74, 6) is 2.68. The molecule has 1 aliphatic rings. The average molecular weight is 457 g/mol. The van der Waals surface area contributed by atoms with Crippen LogP contribution < -0.4 is 9.64 Å². The topological polar surface area (TPSA) is 58.6 Å². The molecule has 1 saturated heterocycles. The Bertz CT molecular complexity index is 1140. The molecule has 0 atom stereocenters. The van der Waals surface area contributed by atoms with Gasteiger partial charge in [0.05, 0.1) is 7.11 Å². The van der Waals surface area contributed by atoms with Crippen molar-refractivity contribution in [3.05, 3.63) is 88.9 Å². The maximum absolute atomic E-state index is 12.7. The molecule has 0 aliphatic carbocycles. The second-order valence-electron chi connectivity index (χ2n) is 8.45. The lowest BCUT2D eigenvalue weighted by Crippen LogP contribution is -2.49. The van der Waals surface area contributed by atoms with E-state index in [-0.39, 0.29) is 5.91 Å². The van der Waals surface area contributed by atoms with Crippen LogP contribution >= 0.6 is 0 Å². The van der Waals surface area contributed by atoms with E-state index in [1.54, 1.807) is 13.2 Å². The lowest BCUT2D eigenvalue weighted by molar-refractivity contribution is -0.126. The Morgan fingerprint density at radius 3 is 2.35 bits per heavy atom. The molecule has 1 fully saturated rings. The summed E-state index contributed by atoms with van der Waals surface area (Å²) in [5.41, 5.74) is 4.48. The van der Waals surface area contributed by atoms with Gasteiger partial charge in [0.1, 0.15) is 17.4 Å². The number of hydrogen-bond acceptors (Lipinski definition) is 5. The number of nitrogens with zero attached hydrogens (tertiary/aromatic N) is 4. The normalized spacial score (nSPS) is 14.0.